The van der Waals surface area contributed by atoms with E-state index in [0.717, 1.165) is 6.20 Å². The number of ether oxygens (including phenoxy) is 2. The van der Waals surface area contributed by atoms with Crippen molar-refractivity contribution in [3.05, 3.63) is 69.9 Å². The quantitative estimate of drug-likeness (QED) is 0.222. The Morgan fingerprint density at radius 1 is 1.23 bits per heavy atom. The van der Waals surface area contributed by atoms with Gasteiger partial charge in [-0.15, -0.1) is 0 Å². The molecule has 0 aliphatic carbocycles. The second-order valence-corrected chi connectivity index (χ2v) is 5.68. The van der Waals surface area contributed by atoms with Crippen molar-refractivity contribution in [2.75, 3.05) is 24.4 Å². The molecule has 2 aromatic rings. The first kappa shape index (κ1) is 21.9. The third-order valence-corrected chi connectivity index (χ3v) is 3.80. The fourth-order valence-electron chi connectivity index (χ4n) is 2.38. The van der Waals surface area contributed by atoms with Crippen LogP contribution in [0.25, 0.3) is 0 Å². The second kappa shape index (κ2) is 10.2. The number of methoxy groups -OCH3 is 1. The molecule has 0 aliphatic heterocycles. The highest BCUT2D eigenvalue weighted by Gasteiger charge is 2.17. The number of carbonyl (C=O) groups excluding carboxylic acids is 2. The van der Waals surface area contributed by atoms with E-state index in [0.29, 0.717) is 5.69 Å². The number of anilines is 2. The first-order valence-corrected chi connectivity index (χ1v) is 8.68. The van der Waals surface area contributed by atoms with Gasteiger partial charge in [0.15, 0.2) is 0 Å². The summed E-state index contributed by atoms with van der Waals surface area (Å²) in [5.74, 6) is -1.21. The molecular weight excluding hydrogens is 392 g/mol. The highest BCUT2D eigenvalue weighted by atomic mass is 16.6. The molecule has 0 atom stereocenters. The van der Waals surface area contributed by atoms with Crippen LogP contribution < -0.4 is 15.4 Å². The molecule has 2 rings (SSSR count). The molecule has 2 aromatic carbocycles. The van der Waals surface area contributed by atoms with Gasteiger partial charge in [-0.1, -0.05) is 12.1 Å². The average Bonchev–Trinajstić information content (AvgIpc) is 2.74. The zero-order chi connectivity index (χ0) is 22.1. The molecule has 10 heteroatoms. The topological polar surface area (TPSA) is 144 Å². The van der Waals surface area contributed by atoms with Crippen LogP contribution in [0.3, 0.4) is 0 Å². The summed E-state index contributed by atoms with van der Waals surface area (Å²) < 4.78 is 10.0. The SMILES string of the molecule is CCOC(=O)c1ccccc1NC(=O)/C(C#N)=C\Nc1ccc([N+](=O)[O-])cc1OC. The number of amides is 1. The smallest absolute Gasteiger partial charge is 0.340 e. The number of non-ortho nitro benzene ring substituents is 1. The molecule has 0 aliphatic rings. The number of esters is 1. The van der Waals surface area contributed by atoms with E-state index in [9.17, 15) is 25.0 Å². The lowest BCUT2D eigenvalue weighted by Crippen LogP contribution is -2.17. The van der Waals surface area contributed by atoms with Gasteiger partial charge >= 0.3 is 5.97 Å². The maximum Gasteiger partial charge on any atom is 0.340 e. The number of benzene rings is 2. The number of nitro groups is 1. The predicted molar refractivity (Wildman–Crippen MR) is 108 cm³/mol. The molecule has 0 radical (unpaired) electrons. The maximum absolute atomic E-state index is 12.5. The predicted octanol–water partition coefficient (Wildman–Crippen LogP) is 3.24. The van der Waals surface area contributed by atoms with Crippen LogP contribution in [0.15, 0.2) is 54.2 Å². The van der Waals surface area contributed by atoms with Gasteiger partial charge < -0.3 is 20.1 Å². The van der Waals surface area contributed by atoms with Crippen molar-refractivity contribution >= 4 is 28.9 Å². The van der Waals surface area contributed by atoms with E-state index in [-0.39, 0.29) is 34.9 Å². The van der Waals surface area contributed by atoms with Crippen LogP contribution in [-0.4, -0.2) is 30.5 Å². The summed E-state index contributed by atoms with van der Waals surface area (Å²) >= 11 is 0. The van der Waals surface area contributed by atoms with Gasteiger partial charge in [0.2, 0.25) is 0 Å². The van der Waals surface area contributed by atoms with Gasteiger partial charge in [-0.05, 0) is 25.1 Å². The molecule has 0 aromatic heterocycles. The van der Waals surface area contributed by atoms with Crippen LogP contribution in [0, 0.1) is 21.4 Å². The minimum atomic E-state index is -0.761. The van der Waals surface area contributed by atoms with Crippen molar-refractivity contribution < 1.29 is 24.0 Å². The summed E-state index contributed by atoms with van der Waals surface area (Å²) in [7, 11) is 1.33. The third-order valence-electron chi connectivity index (χ3n) is 3.80. The first-order valence-electron chi connectivity index (χ1n) is 8.68. The Morgan fingerprint density at radius 3 is 2.60 bits per heavy atom. The van der Waals surface area contributed by atoms with Crippen molar-refractivity contribution in [2.24, 2.45) is 0 Å². The Hall–Kier alpha value is -4.39. The lowest BCUT2D eigenvalue weighted by molar-refractivity contribution is -0.384. The lowest BCUT2D eigenvalue weighted by atomic mass is 10.1. The number of hydrogen-bond acceptors (Lipinski definition) is 8. The molecule has 30 heavy (non-hydrogen) atoms. The van der Waals surface area contributed by atoms with Crippen molar-refractivity contribution in [1.29, 1.82) is 5.26 Å². The third kappa shape index (κ3) is 5.32. The molecule has 0 heterocycles. The van der Waals surface area contributed by atoms with Gasteiger partial charge in [0.25, 0.3) is 11.6 Å². The number of nitro benzene ring substituents is 1. The highest BCUT2D eigenvalue weighted by molar-refractivity contribution is 6.09. The molecule has 0 saturated heterocycles. The average molecular weight is 410 g/mol. The number of para-hydroxylation sites is 1. The van der Waals surface area contributed by atoms with Crippen LogP contribution in [-0.2, 0) is 9.53 Å². The minimum absolute atomic E-state index is 0.148. The van der Waals surface area contributed by atoms with E-state index in [1.165, 1.54) is 37.4 Å². The summed E-state index contributed by atoms with van der Waals surface area (Å²) in [5, 5.41) is 25.4. The standard InChI is InChI=1S/C20H18N4O6/c1-3-30-20(26)15-6-4-5-7-16(15)23-19(25)13(11-21)12-22-17-9-8-14(24(27)28)10-18(17)29-2/h4-10,12,22H,3H2,1-2H3,(H,23,25)/b13-12-. The van der Waals surface area contributed by atoms with Gasteiger partial charge in [0, 0.05) is 12.3 Å². The number of nitrogens with zero attached hydrogens (tertiary/aromatic N) is 2. The summed E-state index contributed by atoms with van der Waals surface area (Å²) in [6, 6.07) is 11.8. The molecule has 0 unspecified atom stereocenters. The molecule has 154 valence electrons. The number of carbonyl (C=O) groups is 2. The zero-order valence-electron chi connectivity index (χ0n) is 16.2. The van der Waals surface area contributed by atoms with Gasteiger partial charge in [-0.3, -0.25) is 14.9 Å². The van der Waals surface area contributed by atoms with Gasteiger partial charge in [-0.2, -0.15) is 5.26 Å². The maximum atomic E-state index is 12.5. The lowest BCUT2D eigenvalue weighted by Gasteiger charge is -2.11. The molecule has 1 amide bonds. The largest absolute Gasteiger partial charge is 0.494 e. The minimum Gasteiger partial charge on any atom is -0.494 e. The van der Waals surface area contributed by atoms with E-state index >= 15 is 0 Å². The van der Waals surface area contributed by atoms with E-state index < -0.39 is 16.8 Å². The van der Waals surface area contributed by atoms with E-state index in [1.807, 2.05) is 0 Å². The second-order valence-electron chi connectivity index (χ2n) is 5.68. The van der Waals surface area contributed by atoms with Gasteiger partial charge in [0.05, 0.1) is 41.6 Å². The van der Waals surface area contributed by atoms with Crippen LogP contribution in [0.5, 0.6) is 5.75 Å². The number of nitriles is 1. The Morgan fingerprint density at radius 2 is 1.97 bits per heavy atom. The number of hydrogen-bond donors (Lipinski definition) is 2. The van der Waals surface area contributed by atoms with E-state index in [1.54, 1.807) is 25.1 Å². The van der Waals surface area contributed by atoms with Crippen molar-refractivity contribution in [3.63, 3.8) is 0 Å². The molecular formula is C20H18N4O6. The van der Waals surface area contributed by atoms with Crippen LogP contribution in [0.4, 0.5) is 17.1 Å². The van der Waals surface area contributed by atoms with Crippen LogP contribution in [0.2, 0.25) is 0 Å². The summed E-state index contributed by atoms with van der Waals surface area (Å²) in [5.41, 5.74) is 0.185. The molecule has 0 fully saturated rings. The Bertz CT molecular complexity index is 1040. The van der Waals surface area contributed by atoms with Crippen molar-refractivity contribution in [2.45, 2.75) is 6.92 Å². The Balaban J connectivity index is 2.22. The Kier molecular flexibility index (Phi) is 7.47. The van der Waals surface area contributed by atoms with E-state index in [2.05, 4.69) is 10.6 Å². The first-order chi connectivity index (χ1) is 14.4. The van der Waals surface area contributed by atoms with Crippen molar-refractivity contribution in [1.82, 2.24) is 0 Å². The summed E-state index contributed by atoms with van der Waals surface area (Å²) in [6.45, 7) is 1.83. The van der Waals surface area contributed by atoms with Crippen molar-refractivity contribution in [3.8, 4) is 11.8 Å². The zero-order valence-corrected chi connectivity index (χ0v) is 16.2. The monoisotopic (exact) mass is 410 g/mol. The van der Waals surface area contributed by atoms with Crippen LogP contribution >= 0.6 is 0 Å². The highest BCUT2D eigenvalue weighted by Crippen LogP contribution is 2.29. The summed E-state index contributed by atoms with van der Waals surface area (Å²) in [6.07, 6.45) is 1.13. The van der Waals surface area contributed by atoms with Gasteiger partial charge in [0.1, 0.15) is 17.4 Å². The molecule has 0 saturated carbocycles. The number of nitrogens with one attached hydrogen (secondary N) is 2. The molecule has 2 N–H and O–H groups in total. The normalized spacial score (nSPS) is 10.5. The number of rotatable bonds is 8. The van der Waals surface area contributed by atoms with Crippen LogP contribution in [0.1, 0.15) is 17.3 Å². The fourth-order valence-corrected chi connectivity index (χ4v) is 2.38. The molecule has 0 bridgehead atoms. The summed E-state index contributed by atoms with van der Waals surface area (Å²) in [4.78, 5) is 34.8. The molecule has 0 spiro atoms. The van der Waals surface area contributed by atoms with E-state index in [4.69, 9.17) is 9.47 Å². The van der Waals surface area contributed by atoms with Gasteiger partial charge in [-0.25, -0.2) is 4.79 Å². The Labute approximate surface area is 171 Å². The molecule has 10 nitrogen and oxygen atoms in total. The fraction of sp³-hybridized carbons (Fsp3) is 0.150.